The van der Waals surface area contributed by atoms with E-state index in [4.69, 9.17) is 62.5 Å². The van der Waals surface area contributed by atoms with Crippen molar-refractivity contribution in [1.29, 1.82) is 0 Å². The molecule has 0 bridgehead atoms. The summed E-state index contributed by atoms with van der Waals surface area (Å²) < 4.78 is 60.0. The van der Waals surface area contributed by atoms with Crippen LogP contribution in [0, 0.1) is 17.8 Å². The average molecular weight is 820 g/mol. The highest BCUT2D eigenvalue weighted by atomic mass is 35.9. The molecule has 21 heteroatoms. The van der Waals surface area contributed by atoms with Crippen LogP contribution in [0.3, 0.4) is 0 Å². The summed E-state index contributed by atoms with van der Waals surface area (Å²) >= 11 is 15.0. The molecule has 2 N–H and O–H groups in total. The second kappa shape index (κ2) is 32.2. The third-order valence-corrected chi connectivity index (χ3v) is 5.83. The van der Waals surface area contributed by atoms with Gasteiger partial charge in [0, 0.05) is 26.7 Å². The van der Waals surface area contributed by atoms with Gasteiger partial charge in [-0.1, -0.05) is 0 Å². The topological polar surface area (TPSA) is 215 Å². The average Bonchev–Trinajstić information content (AvgIpc) is 2.94. The van der Waals surface area contributed by atoms with Crippen LogP contribution in [-0.2, 0) is 60.9 Å². The van der Waals surface area contributed by atoms with Crippen molar-refractivity contribution in [3.8, 4) is 0 Å². The Balaban J connectivity index is -0.000000166. The first-order valence-corrected chi connectivity index (χ1v) is 24.1. The van der Waals surface area contributed by atoms with E-state index in [2.05, 4.69) is 9.47 Å². The van der Waals surface area contributed by atoms with Crippen molar-refractivity contribution in [2.45, 2.75) is 61.5 Å². The van der Waals surface area contributed by atoms with Gasteiger partial charge in [-0.05, 0) is 89.1 Å². The Kier molecular flexibility index (Phi) is 38.0. The lowest BCUT2D eigenvalue weighted by molar-refractivity contribution is -0.152. The monoisotopic (exact) mass is 818 g/mol. The molecule has 0 saturated heterocycles. The van der Waals surface area contributed by atoms with Gasteiger partial charge in [0.15, 0.2) is 7.37 Å². The molecule has 15 nitrogen and oxygen atoms in total. The molecule has 0 heterocycles. The van der Waals surface area contributed by atoms with Gasteiger partial charge in [0.2, 0.25) is 5.85 Å². The van der Waals surface area contributed by atoms with Crippen LogP contribution in [0.1, 0.15) is 55.4 Å². The zero-order valence-corrected chi connectivity index (χ0v) is 34.9. The van der Waals surface area contributed by atoms with Gasteiger partial charge >= 0.3 is 23.9 Å². The number of ether oxygens (including phenoxy) is 4. The van der Waals surface area contributed by atoms with Crippen LogP contribution in [0.5, 0.6) is 0 Å². The van der Waals surface area contributed by atoms with E-state index in [0.717, 1.165) is 0 Å². The maximum Gasteiger partial charge on any atom is 0.334 e. The lowest BCUT2D eigenvalue weighted by Gasteiger charge is -2.13. The van der Waals surface area contributed by atoms with Crippen LogP contribution in [0.25, 0.3) is 0 Å². The van der Waals surface area contributed by atoms with Crippen molar-refractivity contribution in [2.75, 3.05) is 72.9 Å². The first kappa shape index (κ1) is 56.6. The molecule has 0 spiro atoms. The predicted octanol–water partition coefficient (Wildman–Crippen LogP) is 6.40. The molecule has 0 aromatic carbocycles. The Morgan fingerprint density at radius 3 is 1.06 bits per heavy atom. The molecule has 290 valence electrons. The zero-order valence-electron chi connectivity index (χ0n) is 29.9. The number of hydrogen-bond acceptors (Lipinski definition) is 15. The van der Waals surface area contributed by atoms with Crippen LogP contribution >= 0.6 is 53.7 Å². The Labute approximate surface area is 299 Å². The van der Waals surface area contributed by atoms with Crippen molar-refractivity contribution >= 4 is 77.5 Å². The SMILES string of the molecule is CCOC(=O)C(C)CO.CCOC(=O)C(C)COP(C)(=O)Cl.CCOC(=O)C(C)COP(C)(C)=O.CCOC(=O)C(C)O.CP(=O)(Cl)Cl. The largest absolute Gasteiger partial charge is 0.466 e. The lowest BCUT2D eigenvalue weighted by atomic mass is 10.2. The molecule has 0 rings (SSSR count). The van der Waals surface area contributed by atoms with Crippen LogP contribution in [0.2, 0.25) is 0 Å². The fraction of sp³-hybridized carbons (Fsp3) is 0.852. The van der Waals surface area contributed by atoms with Gasteiger partial charge < -0.3 is 38.2 Å². The molecular formula is C27H56Cl3O15P3. The van der Waals surface area contributed by atoms with Gasteiger partial charge in [-0.15, -0.1) is 0 Å². The van der Waals surface area contributed by atoms with Gasteiger partial charge in [0.05, 0.1) is 64.0 Å². The molecule has 0 radical (unpaired) electrons. The molecule has 0 aromatic heterocycles. The lowest BCUT2D eigenvalue weighted by Crippen LogP contribution is -2.19. The van der Waals surface area contributed by atoms with E-state index in [1.165, 1.54) is 33.6 Å². The summed E-state index contributed by atoms with van der Waals surface area (Å²) in [5.41, 5.74) is 0. The minimum atomic E-state index is -3.01. The molecule has 48 heavy (non-hydrogen) atoms. The normalized spacial score (nSPS) is 14.3. The van der Waals surface area contributed by atoms with E-state index in [9.17, 15) is 32.9 Å². The first-order chi connectivity index (χ1) is 21.6. The highest BCUT2D eigenvalue weighted by molar-refractivity contribution is 8.08. The van der Waals surface area contributed by atoms with Crippen LogP contribution in [0.15, 0.2) is 0 Å². The standard InChI is InChI=1S/C8H17O4P.C7H14ClO4P.C6H12O3.C5H10O3.CH3Cl2OP/c1-5-11-8(9)7(2)6-12-13(3,4)10;1-4-11-7(9)6(2)5-12-13(3,8)10;1-3-9-6(8)5(2)4-7;1-3-8-5(7)4(2)6;1-5(2,3)4/h7H,5-6H2,1-4H3;6H,4-5H2,1-3H3;5,7H,3-4H2,1-2H3;4,6H,3H2,1-2H3;1H3. The maximum absolute atomic E-state index is 11.1. The Morgan fingerprint density at radius 2 is 0.854 bits per heavy atom. The van der Waals surface area contributed by atoms with Gasteiger partial charge in [0.1, 0.15) is 6.10 Å². The second-order valence-electron chi connectivity index (χ2n) is 9.88. The van der Waals surface area contributed by atoms with E-state index in [1.54, 1.807) is 48.5 Å². The summed E-state index contributed by atoms with van der Waals surface area (Å²) in [5, 5.41) is 16.9. The summed E-state index contributed by atoms with van der Waals surface area (Å²) in [6.07, 6.45) is -0.991. The third-order valence-electron chi connectivity index (χ3n) is 4.16. The number of hydrogen-bond donors (Lipinski definition) is 2. The predicted molar refractivity (Wildman–Crippen MR) is 189 cm³/mol. The summed E-state index contributed by atoms with van der Waals surface area (Å²) in [7, 11) is -2.49. The highest BCUT2D eigenvalue weighted by Crippen LogP contribution is 2.52. The van der Waals surface area contributed by atoms with Gasteiger partial charge in [0.25, 0.3) is 6.72 Å². The zero-order chi connectivity index (χ0) is 39.3. The number of aliphatic hydroxyl groups is 2. The van der Waals surface area contributed by atoms with E-state index < -0.39 is 37.9 Å². The summed E-state index contributed by atoms with van der Waals surface area (Å²) in [6, 6.07) is 0. The molecule has 0 amide bonds. The van der Waals surface area contributed by atoms with Crippen molar-refractivity contribution in [3.05, 3.63) is 0 Å². The minimum absolute atomic E-state index is 0.0239. The molecule has 0 aromatic rings. The van der Waals surface area contributed by atoms with Gasteiger partial charge in [-0.2, -0.15) is 0 Å². The molecule has 0 aliphatic carbocycles. The van der Waals surface area contributed by atoms with Gasteiger partial charge in [-0.25, -0.2) is 4.79 Å². The third kappa shape index (κ3) is 52.1. The smallest absolute Gasteiger partial charge is 0.334 e. The van der Waals surface area contributed by atoms with Crippen molar-refractivity contribution < 1.29 is 71.1 Å². The number of rotatable bonds is 15. The van der Waals surface area contributed by atoms with E-state index >= 15 is 0 Å². The molecule has 0 fully saturated rings. The Hall–Kier alpha value is -0.720. The number of aliphatic hydroxyl groups excluding tert-OH is 2. The highest BCUT2D eigenvalue weighted by Gasteiger charge is 2.19. The molecule has 0 aliphatic heterocycles. The molecule has 5 unspecified atom stereocenters. The van der Waals surface area contributed by atoms with Crippen molar-refractivity contribution in [1.82, 2.24) is 0 Å². The number of halogens is 3. The molecule has 5 atom stereocenters. The Morgan fingerprint density at radius 1 is 0.583 bits per heavy atom. The summed E-state index contributed by atoms with van der Waals surface area (Å²) in [6.45, 7) is 17.2. The quantitative estimate of drug-likeness (QED) is 0.104. The van der Waals surface area contributed by atoms with E-state index in [1.807, 2.05) is 0 Å². The maximum atomic E-state index is 11.1. The fourth-order valence-electron chi connectivity index (χ4n) is 1.86. The number of carbonyl (C=O) groups excluding carboxylic acids is 4. The number of carbonyl (C=O) groups is 4. The minimum Gasteiger partial charge on any atom is -0.466 e. The summed E-state index contributed by atoms with van der Waals surface area (Å²) in [5.74, 6) is -5.44. The second-order valence-corrected chi connectivity index (χ2v) is 22.1. The van der Waals surface area contributed by atoms with Gasteiger partial charge in [-0.3, -0.25) is 28.1 Å². The van der Waals surface area contributed by atoms with Crippen molar-refractivity contribution in [3.63, 3.8) is 0 Å². The molecular weight excluding hydrogens is 764 g/mol. The van der Waals surface area contributed by atoms with E-state index in [-0.39, 0.29) is 49.6 Å². The van der Waals surface area contributed by atoms with Crippen LogP contribution in [-0.4, -0.2) is 113 Å². The fourth-order valence-corrected chi connectivity index (χ4v) is 3.10. The Bertz CT molecular complexity index is 959. The van der Waals surface area contributed by atoms with Crippen LogP contribution in [0.4, 0.5) is 0 Å². The van der Waals surface area contributed by atoms with Crippen LogP contribution < -0.4 is 0 Å². The summed E-state index contributed by atoms with van der Waals surface area (Å²) in [4.78, 5) is 43.0. The van der Waals surface area contributed by atoms with Crippen molar-refractivity contribution in [2.24, 2.45) is 17.8 Å². The first-order valence-electron chi connectivity index (χ1n) is 14.7. The van der Waals surface area contributed by atoms with E-state index in [0.29, 0.717) is 26.4 Å². The number of esters is 4. The molecule has 0 saturated carbocycles. The molecule has 0 aliphatic rings.